The van der Waals surface area contributed by atoms with E-state index in [1.807, 2.05) is 6.07 Å². The summed E-state index contributed by atoms with van der Waals surface area (Å²) in [6.07, 6.45) is 0. The first kappa shape index (κ1) is 17.2. The predicted octanol–water partition coefficient (Wildman–Crippen LogP) is 2.71. The van der Waals surface area contributed by atoms with Crippen LogP contribution in [0.15, 0.2) is 42.5 Å². The van der Waals surface area contributed by atoms with Crippen molar-refractivity contribution < 1.29 is 28.6 Å². The molecule has 0 atom stereocenters. The summed E-state index contributed by atoms with van der Waals surface area (Å²) in [4.78, 5) is 36.2. The first-order valence-corrected chi connectivity index (χ1v) is 7.01. The van der Waals surface area contributed by atoms with Crippen LogP contribution in [0, 0.1) is 0 Å². The van der Waals surface area contributed by atoms with E-state index >= 15 is 0 Å². The minimum atomic E-state index is -0.750. The average molecular weight is 328 g/mol. The number of carbonyl (C=O) groups is 3. The van der Waals surface area contributed by atoms with Gasteiger partial charge in [0.05, 0.1) is 38.0 Å². The molecule has 0 fully saturated rings. The number of hydrogen-bond acceptors (Lipinski definition) is 6. The quantitative estimate of drug-likeness (QED) is 0.634. The fourth-order valence-corrected chi connectivity index (χ4v) is 2.29. The minimum Gasteiger partial charge on any atom is -0.465 e. The standard InChI is InChI=1S/C18H16O6/c1-22-16(19)13-10-15(18(21)24-3)14(17(20)23-2)9-12(13)11-7-5-4-6-8-11/h4-10H,1-3H3. The number of rotatable bonds is 4. The lowest BCUT2D eigenvalue weighted by Gasteiger charge is -2.13. The van der Waals surface area contributed by atoms with Crippen LogP contribution in [0.3, 0.4) is 0 Å². The Morgan fingerprint density at radius 1 is 0.667 bits per heavy atom. The molecule has 0 N–H and O–H groups in total. The normalized spacial score (nSPS) is 9.96. The molecule has 0 amide bonds. The summed E-state index contributed by atoms with van der Waals surface area (Å²) in [5.41, 5.74) is 1.24. The van der Waals surface area contributed by atoms with E-state index in [0.29, 0.717) is 11.1 Å². The Labute approximate surface area is 139 Å². The molecule has 0 unspecified atom stereocenters. The maximum Gasteiger partial charge on any atom is 0.338 e. The van der Waals surface area contributed by atoms with E-state index < -0.39 is 17.9 Å². The van der Waals surface area contributed by atoms with Gasteiger partial charge in [0.15, 0.2) is 0 Å². The maximum absolute atomic E-state index is 12.1. The summed E-state index contributed by atoms with van der Waals surface area (Å²) in [7, 11) is 3.63. The molecule has 0 bridgehead atoms. The van der Waals surface area contributed by atoms with E-state index in [-0.39, 0.29) is 16.7 Å². The smallest absolute Gasteiger partial charge is 0.338 e. The highest BCUT2D eigenvalue weighted by atomic mass is 16.5. The van der Waals surface area contributed by atoms with E-state index in [9.17, 15) is 14.4 Å². The van der Waals surface area contributed by atoms with E-state index in [1.54, 1.807) is 24.3 Å². The Hall–Kier alpha value is -3.15. The van der Waals surface area contributed by atoms with Crippen LogP contribution >= 0.6 is 0 Å². The Balaban J connectivity index is 2.79. The molecule has 0 saturated carbocycles. The van der Waals surface area contributed by atoms with Crippen molar-refractivity contribution in [1.82, 2.24) is 0 Å². The van der Waals surface area contributed by atoms with Gasteiger partial charge in [-0.3, -0.25) is 0 Å². The van der Waals surface area contributed by atoms with Gasteiger partial charge in [-0.05, 0) is 23.3 Å². The molecule has 0 aliphatic carbocycles. The first-order chi connectivity index (χ1) is 11.5. The van der Waals surface area contributed by atoms with Crippen molar-refractivity contribution in [2.75, 3.05) is 21.3 Å². The SMILES string of the molecule is COC(=O)c1cc(C(=O)OC)c(-c2ccccc2)cc1C(=O)OC. The molecule has 0 radical (unpaired) electrons. The molecule has 0 spiro atoms. The Bertz CT molecular complexity index is 780. The van der Waals surface area contributed by atoms with Crippen LogP contribution in [0.1, 0.15) is 31.1 Å². The van der Waals surface area contributed by atoms with Gasteiger partial charge < -0.3 is 14.2 Å². The lowest BCUT2D eigenvalue weighted by atomic mass is 9.93. The van der Waals surface area contributed by atoms with E-state index in [0.717, 1.165) is 0 Å². The molecular formula is C18H16O6. The van der Waals surface area contributed by atoms with Gasteiger partial charge in [0.2, 0.25) is 0 Å². The molecule has 0 saturated heterocycles. The number of carbonyl (C=O) groups excluding carboxylic acids is 3. The van der Waals surface area contributed by atoms with E-state index in [2.05, 4.69) is 4.74 Å². The summed E-state index contributed by atoms with van der Waals surface area (Å²) in [6, 6.07) is 11.7. The number of esters is 3. The zero-order valence-electron chi connectivity index (χ0n) is 13.5. The van der Waals surface area contributed by atoms with Crippen LogP contribution in [-0.4, -0.2) is 39.2 Å². The lowest BCUT2D eigenvalue weighted by molar-refractivity contribution is 0.0553. The number of ether oxygens (including phenoxy) is 3. The van der Waals surface area contributed by atoms with Crippen molar-refractivity contribution in [1.29, 1.82) is 0 Å². The molecule has 6 nitrogen and oxygen atoms in total. The van der Waals surface area contributed by atoms with Gasteiger partial charge in [-0.15, -0.1) is 0 Å². The largest absolute Gasteiger partial charge is 0.465 e. The minimum absolute atomic E-state index is 0.0101. The van der Waals surface area contributed by atoms with Crippen LogP contribution in [0.25, 0.3) is 11.1 Å². The van der Waals surface area contributed by atoms with Crippen LogP contribution in [0.4, 0.5) is 0 Å². The second-order valence-electron chi connectivity index (χ2n) is 4.78. The van der Waals surface area contributed by atoms with Crippen molar-refractivity contribution in [2.24, 2.45) is 0 Å². The van der Waals surface area contributed by atoms with Crippen molar-refractivity contribution in [3.8, 4) is 11.1 Å². The third-order valence-corrected chi connectivity index (χ3v) is 3.46. The third kappa shape index (κ3) is 3.27. The molecule has 24 heavy (non-hydrogen) atoms. The highest BCUT2D eigenvalue weighted by molar-refractivity contribution is 6.08. The highest BCUT2D eigenvalue weighted by Crippen LogP contribution is 2.29. The molecule has 2 rings (SSSR count). The van der Waals surface area contributed by atoms with Crippen LogP contribution in [-0.2, 0) is 14.2 Å². The van der Waals surface area contributed by atoms with Crippen molar-refractivity contribution in [2.45, 2.75) is 0 Å². The summed E-state index contributed by atoms with van der Waals surface area (Å²) in [5, 5.41) is 0. The van der Waals surface area contributed by atoms with Crippen LogP contribution < -0.4 is 0 Å². The topological polar surface area (TPSA) is 78.9 Å². The summed E-state index contributed by atoms with van der Waals surface area (Å²) >= 11 is 0. The zero-order valence-corrected chi connectivity index (χ0v) is 13.5. The molecule has 0 heterocycles. The molecule has 0 aliphatic rings. The van der Waals surface area contributed by atoms with Gasteiger partial charge in [-0.2, -0.15) is 0 Å². The van der Waals surface area contributed by atoms with E-state index in [4.69, 9.17) is 9.47 Å². The fourth-order valence-electron chi connectivity index (χ4n) is 2.29. The Morgan fingerprint density at radius 3 is 1.62 bits per heavy atom. The number of benzene rings is 2. The van der Waals surface area contributed by atoms with Crippen molar-refractivity contribution >= 4 is 17.9 Å². The molecule has 6 heteroatoms. The van der Waals surface area contributed by atoms with Gasteiger partial charge >= 0.3 is 17.9 Å². The predicted molar refractivity (Wildman–Crippen MR) is 85.9 cm³/mol. The molecule has 0 aromatic heterocycles. The summed E-state index contributed by atoms with van der Waals surface area (Å²) < 4.78 is 14.2. The van der Waals surface area contributed by atoms with Crippen LogP contribution in [0.5, 0.6) is 0 Å². The molecular weight excluding hydrogens is 312 g/mol. The maximum atomic E-state index is 12.1. The van der Waals surface area contributed by atoms with E-state index in [1.165, 1.54) is 33.5 Å². The monoisotopic (exact) mass is 328 g/mol. The van der Waals surface area contributed by atoms with Gasteiger partial charge in [0.25, 0.3) is 0 Å². The van der Waals surface area contributed by atoms with Gasteiger partial charge in [-0.25, -0.2) is 14.4 Å². The molecule has 124 valence electrons. The second kappa shape index (κ2) is 7.41. The Morgan fingerprint density at radius 2 is 1.12 bits per heavy atom. The molecule has 2 aromatic rings. The Kier molecular flexibility index (Phi) is 5.31. The highest BCUT2D eigenvalue weighted by Gasteiger charge is 2.24. The van der Waals surface area contributed by atoms with Gasteiger partial charge in [0.1, 0.15) is 0 Å². The molecule has 0 aliphatic heterocycles. The van der Waals surface area contributed by atoms with Gasteiger partial charge in [-0.1, -0.05) is 30.3 Å². The zero-order chi connectivity index (χ0) is 17.7. The number of methoxy groups -OCH3 is 3. The summed E-state index contributed by atoms with van der Waals surface area (Å²) in [5.74, 6) is -2.08. The van der Waals surface area contributed by atoms with Gasteiger partial charge in [0, 0.05) is 0 Å². The lowest BCUT2D eigenvalue weighted by Crippen LogP contribution is -2.15. The summed E-state index contributed by atoms with van der Waals surface area (Å²) in [6.45, 7) is 0. The molecule has 2 aromatic carbocycles. The average Bonchev–Trinajstić information content (AvgIpc) is 2.65. The first-order valence-electron chi connectivity index (χ1n) is 7.01. The van der Waals surface area contributed by atoms with Crippen LogP contribution in [0.2, 0.25) is 0 Å². The van der Waals surface area contributed by atoms with Crippen molar-refractivity contribution in [3.05, 3.63) is 59.2 Å². The third-order valence-electron chi connectivity index (χ3n) is 3.46. The fraction of sp³-hybridized carbons (Fsp3) is 0.167. The second-order valence-corrected chi connectivity index (χ2v) is 4.78. The van der Waals surface area contributed by atoms with Crippen molar-refractivity contribution in [3.63, 3.8) is 0 Å². The number of hydrogen-bond donors (Lipinski definition) is 0.